The van der Waals surface area contributed by atoms with Crippen molar-refractivity contribution in [2.75, 3.05) is 13.7 Å². The molecule has 104 valence electrons. The molecule has 19 heavy (non-hydrogen) atoms. The van der Waals surface area contributed by atoms with Crippen LogP contribution in [0.1, 0.15) is 18.1 Å². The first-order valence-electron chi connectivity index (χ1n) is 6.23. The molecular formula is C15H20O4. The monoisotopic (exact) mass is 264 g/mol. The van der Waals surface area contributed by atoms with Gasteiger partial charge in [0.05, 0.1) is 6.61 Å². The van der Waals surface area contributed by atoms with Gasteiger partial charge in [0, 0.05) is 13.5 Å². The lowest BCUT2D eigenvalue weighted by molar-refractivity contribution is -0.154. The highest BCUT2D eigenvalue weighted by atomic mass is 16.6. The standard InChI is InChI=1S/C15H20O4/c1-4-6-12-9-11(7-8-13(12)16)10-14(18-3)15(17)19-5-2/h4,7-9,14,16H,1,5-6,10H2,2-3H3/t14-/m0/s1. The number of carbonyl (C=O) groups excluding carboxylic acids is 1. The number of methoxy groups -OCH3 is 1. The molecule has 0 aliphatic heterocycles. The zero-order chi connectivity index (χ0) is 14.3. The third kappa shape index (κ3) is 4.41. The van der Waals surface area contributed by atoms with Crippen LogP contribution < -0.4 is 0 Å². The van der Waals surface area contributed by atoms with Crippen molar-refractivity contribution < 1.29 is 19.4 Å². The number of benzene rings is 1. The molecule has 0 aliphatic carbocycles. The van der Waals surface area contributed by atoms with Crippen molar-refractivity contribution in [3.8, 4) is 5.75 Å². The van der Waals surface area contributed by atoms with Crippen LogP contribution in [0.25, 0.3) is 0 Å². The summed E-state index contributed by atoms with van der Waals surface area (Å²) in [6, 6.07) is 5.24. The van der Waals surface area contributed by atoms with E-state index < -0.39 is 6.10 Å². The van der Waals surface area contributed by atoms with Crippen LogP contribution >= 0.6 is 0 Å². The van der Waals surface area contributed by atoms with Crippen molar-refractivity contribution in [2.24, 2.45) is 0 Å². The minimum Gasteiger partial charge on any atom is -0.508 e. The number of rotatable bonds is 7. The molecule has 4 nitrogen and oxygen atoms in total. The van der Waals surface area contributed by atoms with Crippen LogP contribution in [0.4, 0.5) is 0 Å². The maximum Gasteiger partial charge on any atom is 0.335 e. The number of phenols is 1. The van der Waals surface area contributed by atoms with Gasteiger partial charge in [0.25, 0.3) is 0 Å². The van der Waals surface area contributed by atoms with Crippen molar-refractivity contribution in [3.63, 3.8) is 0 Å². The molecule has 0 heterocycles. The Bertz CT molecular complexity index is 440. The van der Waals surface area contributed by atoms with Gasteiger partial charge in [0.1, 0.15) is 5.75 Å². The maximum absolute atomic E-state index is 11.6. The van der Waals surface area contributed by atoms with E-state index in [4.69, 9.17) is 9.47 Å². The van der Waals surface area contributed by atoms with Crippen LogP contribution in [0.15, 0.2) is 30.9 Å². The van der Waals surface area contributed by atoms with Crippen LogP contribution in [0.3, 0.4) is 0 Å². The minimum atomic E-state index is -0.624. The zero-order valence-corrected chi connectivity index (χ0v) is 11.4. The molecule has 0 bridgehead atoms. The van der Waals surface area contributed by atoms with E-state index >= 15 is 0 Å². The predicted molar refractivity (Wildman–Crippen MR) is 73.1 cm³/mol. The van der Waals surface area contributed by atoms with E-state index in [1.165, 1.54) is 7.11 Å². The highest BCUT2D eigenvalue weighted by molar-refractivity contribution is 5.75. The number of esters is 1. The van der Waals surface area contributed by atoms with Crippen LogP contribution in [0.5, 0.6) is 5.75 Å². The topological polar surface area (TPSA) is 55.8 Å². The predicted octanol–water partition coefficient (Wildman–Crippen LogP) is 2.24. The van der Waals surface area contributed by atoms with E-state index in [1.807, 2.05) is 6.07 Å². The van der Waals surface area contributed by atoms with Crippen molar-refractivity contribution in [1.29, 1.82) is 0 Å². The molecule has 0 fully saturated rings. The quantitative estimate of drug-likeness (QED) is 0.606. The highest BCUT2D eigenvalue weighted by Crippen LogP contribution is 2.20. The van der Waals surface area contributed by atoms with E-state index in [9.17, 15) is 9.90 Å². The Morgan fingerprint density at radius 3 is 2.84 bits per heavy atom. The normalized spacial score (nSPS) is 11.9. The lowest BCUT2D eigenvalue weighted by Gasteiger charge is -2.14. The Labute approximate surface area is 113 Å². The third-order valence-electron chi connectivity index (χ3n) is 2.76. The molecule has 1 atom stereocenters. The largest absolute Gasteiger partial charge is 0.508 e. The van der Waals surface area contributed by atoms with Gasteiger partial charge in [-0.05, 0) is 30.5 Å². The van der Waals surface area contributed by atoms with Gasteiger partial charge in [-0.1, -0.05) is 18.2 Å². The first kappa shape index (κ1) is 15.2. The summed E-state index contributed by atoms with van der Waals surface area (Å²) < 4.78 is 10.1. The van der Waals surface area contributed by atoms with Gasteiger partial charge in [-0.15, -0.1) is 6.58 Å². The third-order valence-corrected chi connectivity index (χ3v) is 2.76. The Hall–Kier alpha value is -1.81. The molecule has 0 saturated carbocycles. The lowest BCUT2D eigenvalue weighted by Crippen LogP contribution is -2.27. The molecule has 0 spiro atoms. The fourth-order valence-corrected chi connectivity index (χ4v) is 1.80. The second kappa shape index (κ2) is 7.59. The zero-order valence-electron chi connectivity index (χ0n) is 11.4. The molecule has 0 aliphatic rings. The van der Waals surface area contributed by atoms with E-state index in [2.05, 4.69) is 6.58 Å². The second-order valence-corrected chi connectivity index (χ2v) is 4.14. The van der Waals surface area contributed by atoms with Crippen molar-refractivity contribution in [2.45, 2.75) is 25.9 Å². The molecule has 1 aromatic rings. The van der Waals surface area contributed by atoms with Gasteiger partial charge in [0.2, 0.25) is 0 Å². The summed E-state index contributed by atoms with van der Waals surface area (Å²) in [5, 5.41) is 9.68. The van der Waals surface area contributed by atoms with Crippen molar-refractivity contribution >= 4 is 5.97 Å². The Kier molecular flexibility index (Phi) is 6.09. The number of allylic oxidation sites excluding steroid dienone is 1. The van der Waals surface area contributed by atoms with Gasteiger partial charge in [-0.3, -0.25) is 0 Å². The highest BCUT2D eigenvalue weighted by Gasteiger charge is 2.19. The van der Waals surface area contributed by atoms with E-state index in [1.54, 1.807) is 25.1 Å². The van der Waals surface area contributed by atoms with Crippen molar-refractivity contribution in [3.05, 3.63) is 42.0 Å². The fourth-order valence-electron chi connectivity index (χ4n) is 1.80. The van der Waals surface area contributed by atoms with Gasteiger partial charge in [-0.25, -0.2) is 4.79 Å². The summed E-state index contributed by atoms with van der Waals surface area (Å²) >= 11 is 0. The first-order chi connectivity index (χ1) is 9.12. The number of hydrogen-bond donors (Lipinski definition) is 1. The number of carbonyl (C=O) groups is 1. The summed E-state index contributed by atoms with van der Waals surface area (Å²) in [7, 11) is 1.48. The Balaban J connectivity index is 2.82. The van der Waals surface area contributed by atoms with Gasteiger partial charge in [0.15, 0.2) is 6.10 Å². The molecule has 1 rings (SSSR count). The van der Waals surface area contributed by atoms with E-state index in [0.29, 0.717) is 19.4 Å². The molecule has 1 aromatic carbocycles. The van der Waals surface area contributed by atoms with Crippen LogP contribution in [-0.4, -0.2) is 30.9 Å². The molecule has 1 N–H and O–H groups in total. The molecule has 0 radical (unpaired) electrons. The minimum absolute atomic E-state index is 0.230. The molecule has 0 aromatic heterocycles. The summed E-state index contributed by atoms with van der Waals surface area (Å²) in [5.41, 5.74) is 1.70. The fraction of sp³-hybridized carbons (Fsp3) is 0.400. The first-order valence-corrected chi connectivity index (χ1v) is 6.23. The average Bonchev–Trinajstić information content (AvgIpc) is 2.40. The number of phenolic OH excluding ortho intramolecular Hbond substituents is 1. The number of aromatic hydroxyl groups is 1. The van der Waals surface area contributed by atoms with Crippen LogP contribution in [0.2, 0.25) is 0 Å². The number of ether oxygens (including phenoxy) is 2. The Morgan fingerprint density at radius 2 is 2.26 bits per heavy atom. The Morgan fingerprint density at radius 1 is 1.53 bits per heavy atom. The average molecular weight is 264 g/mol. The maximum atomic E-state index is 11.6. The van der Waals surface area contributed by atoms with Crippen LogP contribution in [-0.2, 0) is 27.1 Å². The number of hydrogen-bond acceptors (Lipinski definition) is 4. The smallest absolute Gasteiger partial charge is 0.335 e. The van der Waals surface area contributed by atoms with Gasteiger partial charge in [-0.2, -0.15) is 0 Å². The van der Waals surface area contributed by atoms with Crippen molar-refractivity contribution in [1.82, 2.24) is 0 Å². The molecule has 0 unspecified atom stereocenters. The summed E-state index contributed by atoms with van der Waals surface area (Å²) in [6.45, 7) is 5.73. The van der Waals surface area contributed by atoms with E-state index in [0.717, 1.165) is 11.1 Å². The molecule has 4 heteroatoms. The second-order valence-electron chi connectivity index (χ2n) is 4.14. The summed E-state index contributed by atoms with van der Waals surface area (Å²) in [5.74, 6) is -0.142. The SMILES string of the molecule is C=CCc1cc(C[C@H](OC)C(=O)OCC)ccc1O. The molecular weight excluding hydrogens is 244 g/mol. The summed E-state index contributed by atoms with van der Waals surface area (Å²) in [4.78, 5) is 11.6. The van der Waals surface area contributed by atoms with Crippen LogP contribution in [0, 0.1) is 0 Å². The molecule has 0 saturated heterocycles. The van der Waals surface area contributed by atoms with E-state index in [-0.39, 0.29) is 11.7 Å². The summed E-state index contributed by atoms with van der Waals surface area (Å²) in [6.07, 6.45) is 2.09. The van der Waals surface area contributed by atoms with Gasteiger partial charge < -0.3 is 14.6 Å². The molecule has 0 amide bonds. The lowest BCUT2D eigenvalue weighted by atomic mass is 10.0. The van der Waals surface area contributed by atoms with Gasteiger partial charge >= 0.3 is 5.97 Å².